The monoisotopic (exact) mass is 371 g/mol. The van der Waals surface area contributed by atoms with Crippen molar-refractivity contribution in [1.29, 1.82) is 0 Å². The Morgan fingerprint density at radius 3 is 2.69 bits per heavy atom. The number of aliphatic hydroxyl groups excluding tert-OH is 1. The first kappa shape index (κ1) is 17.3. The number of benzene rings is 2. The van der Waals surface area contributed by atoms with Crippen LogP contribution in [0.15, 0.2) is 53.8 Å². The second-order valence-electron chi connectivity index (χ2n) is 6.86. The molecule has 0 fully saturated rings. The predicted octanol–water partition coefficient (Wildman–Crippen LogP) is 4.62. The average Bonchev–Trinajstić information content (AvgIpc) is 2.61. The van der Waals surface area contributed by atoms with Gasteiger partial charge in [0, 0.05) is 35.9 Å². The lowest BCUT2D eigenvalue weighted by molar-refractivity contribution is -0.117. The molecular formula is C21H19ClFNO2. The van der Waals surface area contributed by atoms with Gasteiger partial charge in [-0.25, -0.2) is 4.39 Å². The van der Waals surface area contributed by atoms with Crippen molar-refractivity contribution in [1.82, 2.24) is 5.32 Å². The molecule has 134 valence electrons. The van der Waals surface area contributed by atoms with Gasteiger partial charge in [-0.3, -0.25) is 4.79 Å². The van der Waals surface area contributed by atoms with Crippen molar-refractivity contribution in [3.05, 3.63) is 81.3 Å². The molecule has 0 radical (unpaired) electrons. The highest BCUT2D eigenvalue weighted by molar-refractivity contribution is 6.31. The molecule has 2 unspecified atom stereocenters. The highest BCUT2D eigenvalue weighted by Crippen LogP contribution is 2.42. The Morgan fingerprint density at radius 1 is 1.12 bits per heavy atom. The van der Waals surface area contributed by atoms with E-state index in [2.05, 4.69) is 11.4 Å². The summed E-state index contributed by atoms with van der Waals surface area (Å²) in [5, 5.41) is 14.3. The molecule has 0 saturated heterocycles. The molecule has 4 rings (SSSR count). The molecule has 0 aromatic heterocycles. The third-order valence-corrected chi connectivity index (χ3v) is 5.62. The van der Waals surface area contributed by atoms with E-state index in [-0.39, 0.29) is 30.4 Å². The maximum absolute atomic E-state index is 14.2. The number of aliphatic hydroxyl groups is 1. The molecule has 0 saturated carbocycles. The Kier molecular flexibility index (Phi) is 4.55. The van der Waals surface area contributed by atoms with Gasteiger partial charge >= 0.3 is 0 Å². The SMILES string of the molecule is O=C1CC(c2c(F)cccc2Cl)CC(O)=C1C1NCCc2ccccc21. The van der Waals surface area contributed by atoms with Crippen molar-refractivity contribution in [2.75, 3.05) is 6.54 Å². The molecule has 0 amide bonds. The van der Waals surface area contributed by atoms with E-state index in [1.807, 2.05) is 18.2 Å². The van der Waals surface area contributed by atoms with Crippen LogP contribution in [0.1, 0.15) is 41.5 Å². The molecule has 5 heteroatoms. The number of allylic oxidation sites excluding steroid dienone is 1. The number of rotatable bonds is 2. The normalized spacial score (nSPS) is 23.1. The van der Waals surface area contributed by atoms with Gasteiger partial charge in [-0.2, -0.15) is 0 Å². The number of carbonyl (C=O) groups excluding carboxylic acids is 1. The van der Waals surface area contributed by atoms with Crippen LogP contribution in [0.4, 0.5) is 4.39 Å². The van der Waals surface area contributed by atoms with Gasteiger partial charge in [0.25, 0.3) is 0 Å². The molecule has 0 spiro atoms. The third-order valence-electron chi connectivity index (χ3n) is 5.29. The number of fused-ring (bicyclic) bond motifs is 1. The first-order valence-electron chi connectivity index (χ1n) is 8.76. The Bertz CT molecular complexity index is 888. The third kappa shape index (κ3) is 2.93. The lowest BCUT2D eigenvalue weighted by Gasteiger charge is -2.32. The van der Waals surface area contributed by atoms with Gasteiger partial charge in [0.05, 0.1) is 11.6 Å². The lowest BCUT2D eigenvalue weighted by Crippen LogP contribution is -2.35. The smallest absolute Gasteiger partial charge is 0.164 e. The second kappa shape index (κ2) is 6.86. The summed E-state index contributed by atoms with van der Waals surface area (Å²) in [4.78, 5) is 12.9. The van der Waals surface area contributed by atoms with E-state index in [1.54, 1.807) is 6.07 Å². The molecule has 2 aromatic carbocycles. The maximum Gasteiger partial charge on any atom is 0.164 e. The van der Waals surface area contributed by atoms with E-state index in [1.165, 1.54) is 17.7 Å². The number of hydrogen-bond acceptors (Lipinski definition) is 3. The van der Waals surface area contributed by atoms with Crippen LogP contribution in [0.25, 0.3) is 0 Å². The molecule has 2 aliphatic rings. The first-order valence-corrected chi connectivity index (χ1v) is 9.14. The van der Waals surface area contributed by atoms with Crippen LogP contribution >= 0.6 is 11.6 Å². The zero-order valence-electron chi connectivity index (χ0n) is 14.1. The largest absolute Gasteiger partial charge is 0.512 e. The van der Waals surface area contributed by atoms with Crippen LogP contribution in [0, 0.1) is 5.82 Å². The fourth-order valence-electron chi connectivity index (χ4n) is 4.10. The number of halogens is 2. The lowest BCUT2D eigenvalue weighted by atomic mass is 9.77. The van der Waals surface area contributed by atoms with E-state index in [0.29, 0.717) is 16.2 Å². The fraction of sp³-hybridized carbons (Fsp3) is 0.286. The van der Waals surface area contributed by atoms with E-state index in [0.717, 1.165) is 18.5 Å². The topological polar surface area (TPSA) is 49.3 Å². The van der Waals surface area contributed by atoms with Gasteiger partial charge in [0.2, 0.25) is 0 Å². The van der Waals surface area contributed by atoms with Crippen LogP contribution in [-0.4, -0.2) is 17.4 Å². The highest BCUT2D eigenvalue weighted by atomic mass is 35.5. The maximum atomic E-state index is 14.2. The summed E-state index contributed by atoms with van der Waals surface area (Å²) in [5.41, 5.74) is 2.92. The van der Waals surface area contributed by atoms with Crippen molar-refractivity contribution in [3.8, 4) is 0 Å². The van der Waals surface area contributed by atoms with Gasteiger partial charge in [-0.1, -0.05) is 41.9 Å². The van der Waals surface area contributed by atoms with Crippen LogP contribution in [-0.2, 0) is 11.2 Å². The number of carbonyl (C=O) groups is 1. The summed E-state index contributed by atoms with van der Waals surface area (Å²) in [6, 6.07) is 12.1. The molecular weight excluding hydrogens is 353 g/mol. The molecule has 1 aliphatic heterocycles. The van der Waals surface area contributed by atoms with Crippen molar-refractivity contribution < 1.29 is 14.3 Å². The minimum atomic E-state index is -0.446. The molecule has 2 atom stereocenters. The highest BCUT2D eigenvalue weighted by Gasteiger charge is 2.36. The van der Waals surface area contributed by atoms with Gasteiger partial charge in [0.15, 0.2) is 5.78 Å². The van der Waals surface area contributed by atoms with E-state index < -0.39 is 11.7 Å². The van der Waals surface area contributed by atoms with Crippen LogP contribution in [0.3, 0.4) is 0 Å². The second-order valence-corrected chi connectivity index (χ2v) is 7.27. The molecule has 26 heavy (non-hydrogen) atoms. The zero-order valence-corrected chi connectivity index (χ0v) is 14.9. The van der Waals surface area contributed by atoms with Gasteiger partial charge in [-0.15, -0.1) is 0 Å². The standard InChI is InChI=1S/C21H19ClFNO2/c22-15-6-3-7-16(23)19(15)13-10-17(25)20(18(26)11-13)21-14-5-2-1-4-12(14)8-9-24-21/h1-7,13,21,24-25H,8-11H2. The zero-order chi connectivity index (χ0) is 18.3. The molecule has 2 aromatic rings. The van der Waals surface area contributed by atoms with Crippen LogP contribution < -0.4 is 5.32 Å². The van der Waals surface area contributed by atoms with Gasteiger partial charge in [-0.05, 0) is 29.7 Å². The molecule has 1 heterocycles. The minimum absolute atomic E-state index is 0.0276. The first-order chi connectivity index (χ1) is 12.6. The summed E-state index contributed by atoms with van der Waals surface area (Å²) in [6.07, 6.45) is 1.24. The quantitative estimate of drug-likeness (QED) is 0.809. The summed E-state index contributed by atoms with van der Waals surface area (Å²) < 4.78 is 14.2. The summed E-state index contributed by atoms with van der Waals surface area (Å²) >= 11 is 6.15. The average molecular weight is 372 g/mol. The fourth-order valence-corrected chi connectivity index (χ4v) is 4.42. The number of nitrogens with one attached hydrogen (secondary N) is 1. The summed E-state index contributed by atoms with van der Waals surface area (Å²) in [7, 11) is 0. The Morgan fingerprint density at radius 2 is 1.92 bits per heavy atom. The molecule has 0 bridgehead atoms. The summed E-state index contributed by atoms with van der Waals surface area (Å²) in [6.45, 7) is 0.744. The molecule has 1 aliphatic carbocycles. The van der Waals surface area contributed by atoms with Gasteiger partial charge < -0.3 is 10.4 Å². The Labute approximate surface area is 156 Å². The predicted molar refractivity (Wildman–Crippen MR) is 98.9 cm³/mol. The van der Waals surface area contributed by atoms with Crippen LogP contribution in [0.2, 0.25) is 5.02 Å². The molecule has 2 N–H and O–H groups in total. The Balaban J connectivity index is 1.71. The number of ketones is 1. The summed E-state index contributed by atoms with van der Waals surface area (Å²) in [5.74, 6) is -1.02. The van der Waals surface area contributed by atoms with E-state index in [9.17, 15) is 14.3 Å². The van der Waals surface area contributed by atoms with Crippen molar-refractivity contribution in [3.63, 3.8) is 0 Å². The van der Waals surface area contributed by atoms with E-state index >= 15 is 0 Å². The van der Waals surface area contributed by atoms with Crippen molar-refractivity contribution in [2.24, 2.45) is 0 Å². The van der Waals surface area contributed by atoms with Crippen molar-refractivity contribution >= 4 is 17.4 Å². The molecule has 3 nitrogen and oxygen atoms in total. The van der Waals surface area contributed by atoms with Crippen molar-refractivity contribution in [2.45, 2.75) is 31.2 Å². The number of Topliss-reactive ketones (excluding diaryl/α,β-unsaturated/α-hetero) is 1. The van der Waals surface area contributed by atoms with Crippen LogP contribution in [0.5, 0.6) is 0 Å². The minimum Gasteiger partial charge on any atom is -0.512 e. The Hall–Kier alpha value is -2.17. The van der Waals surface area contributed by atoms with Gasteiger partial charge in [0.1, 0.15) is 11.6 Å². The number of hydrogen-bond donors (Lipinski definition) is 2. The van der Waals surface area contributed by atoms with E-state index in [4.69, 9.17) is 11.6 Å².